The normalized spacial score (nSPS) is 11.8. The van der Waals surface area contributed by atoms with Crippen LogP contribution in [0.25, 0.3) is 16.5 Å². The fourth-order valence-corrected chi connectivity index (χ4v) is 1.43. The minimum Gasteiger partial charge on any atom is -0.466 e. The highest BCUT2D eigenvalue weighted by molar-refractivity contribution is 6.32. The van der Waals surface area contributed by atoms with E-state index >= 15 is 0 Å². The van der Waals surface area contributed by atoms with E-state index in [-0.39, 0.29) is 10.6 Å². The minimum atomic E-state index is -4.56. The largest absolute Gasteiger partial charge is 0.466 e. The van der Waals surface area contributed by atoms with E-state index in [9.17, 15) is 18.0 Å². The van der Waals surface area contributed by atoms with Gasteiger partial charge >= 0.3 is 12.1 Å². The van der Waals surface area contributed by atoms with Crippen LogP contribution in [0, 0.1) is 0 Å². The maximum atomic E-state index is 12.6. The number of alkyl halides is 3. The van der Waals surface area contributed by atoms with Crippen molar-refractivity contribution in [1.82, 2.24) is 0 Å². The second-order valence-corrected chi connectivity index (χ2v) is 3.85. The molecule has 0 spiro atoms. The van der Waals surface area contributed by atoms with Gasteiger partial charge in [-0.15, -0.1) is 0 Å². The number of methoxy groups -OCH3 is 1. The van der Waals surface area contributed by atoms with Gasteiger partial charge in [-0.1, -0.05) is 16.7 Å². The first-order valence-electron chi connectivity index (χ1n) is 5.01. The predicted octanol–water partition coefficient (Wildman–Crippen LogP) is 4.18. The van der Waals surface area contributed by atoms with E-state index in [2.05, 4.69) is 14.8 Å². The predicted molar refractivity (Wildman–Crippen MR) is 65.6 cm³/mol. The maximum Gasteiger partial charge on any atom is 0.416 e. The fraction of sp³-hybridized carbons (Fsp3) is 0.182. The monoisotopic (exact) mass is 305 g/mol. The molecule has 20 heavy (non-hydrogen) atoms. The molecule has 5 nitrogen and oxygen atoms in total. The zero-order valence-corrected chi connectivity index (χ0v) is 10.7. The molecular formula is C11H7ClF3N3O2. The third-order valence-electron chi connectivity index (χ3n) is 2.16. The summed E-state index contributed by atoms with van der Waals surface area (Å²) in [6.45, 7) is 0. The molecule has 0 bridgehead atoms. The number of carbonyl (C=O) groups is 1. The lowest BCUT2D eigenvalue weighted by atomic mass is 10.1. The molecule has 9 heteroatoms. The van der Waals surface area contributed by atoms with E-state index in [1.54, 1.807) is 0 Å². The van der Waals surface area contributed by atoms with Crippen molar-refractivity contribution in [2.24, 2.45) is 5.11 Å². The fourth-order valence-electron chi connectivity index (χ4n) is 1.26. The van der Waals surface area contributed by atoms with Gasteiger partial charge in [-0.25, -0.2) is 4.79 Å². The van der Waals surface area contributed by atoms with Crippen LogP contribution in [0.3, 0.4) is 0 Å². The van der Waals surface area contributed by atoms with Crippen LogP contribution in [-0.4, -0.2) is 13.1 Å². The molecule has 0 heterocycles. The molecule has 0 amide bonds. The molecule has 0 N–H and O–H groups in total. The van der Waals surface area contributed by atoms with Crippen molar-refractivity contribution in [3.63, 3.8) is 0 Å². The molecule has 1 aromatic rings. The third-order valence-corrected chi connectivity index (χ3v) is 2.51. The number of ether oxygens (including phenoxy) is 1. The van der Waals surface area contributed by atoms with Crippen LogP contribution < -0.4 is 0 Å². The Morgan fingerprint density at radius 2 is 2.15 bits per heavy atom. The first-order valence-corrected chi connectivity index (χ1v) is 5.39. The van der Waals surface area contributed by atoms with Gasteiger partial charge in [0.2, 0.25) is 0 Å². The molecule has 0 aliphatic carbocycles. The molecule has 0 atom stereocenters. The van der Waals surface area contributed by atoms with E-state index in [1.807, 2.05) is 0 Å². The molecule has 0 fully saturated rings. The molecule has 0 aromatic heterocycles. The quantitative estimate of drug-likeness (QED) is 0.276. The van der Waals surface area contributed by atoms with Crippen LogP contribution >= 0.6 is 11.6 Å². The lowest BCUT2D eigenvalue weighted by Crippen LogP contribution is -2.05. The van der Waals surface area contributed by atoms with Crippen LogP contribution in [0.15, 0.2) is 29.0 Å². The van der Waals surface area contributed by atoms with Crippen molar-refractivity contribution < 1.29 is 22.7 Å². The van der Waals surface area contributed by atoms with E-state index in [4.69, 9.17) is 17.1 Å². The highest BCUT2D eigenvalue weighted by Crippen LogP contribution is 2.32. The first-order chi connectivity index (χ1) is 9.29. The second-order valence-electron chi connectivity index (χ2n) is 3.44. The van der Waals surface area contributed by atoms with Crippen LogP contribution in [0.4, 0.5) is 13.2 Å². The van der Waals surface area contributed by atoms with Gasteiger partial charge < -0.3 is 4.74 Å². The Hall–Kier alpha value is -2.18. The topological polar surface area (TPSA) is 75.1 Å². The summed E-state index contributed by atoms with van der Waals surface area (Å²) in [6, 6.07) is 2.56. The highest BCUT2D eigenvalue weighted by Gasteiger charge is 2.30. The molecule has 1 rings (SSSR count). The Labute approximate surface area is 116 Å². The second kappa shape index (κ2) is 6.31. The number of halogens is 4. The molecule has 1 aromatic carbocycles. The van der Waals surface area contributed by atoms with Crippen molar-refractivity contribution in [3.8, 4) is 0 Å². The Morgan fingerprint density at radius 3 is 2.65 bits per heavy atom. The van der Waals surface area contributed by atoms with Crippen molar-refractivity contribution in [3.05, 3.63) is 50.5 Å². The summed E-state index contributed by atoms with van der Waals surface area (Å²) in [5.41, 5.74) is 6.74. The Balaban J connectivity index is 3.37. The Morgan fingerprint density at radius 1 is 1.50 bits per heavy atom. The molecule has 0 aliphatic heterocycles. The third kappa shape index (κ3) is 3.91. The summed E-state index contributed by atoms with van der Waals surface area (Å²) in [5.74, 6) is -0.990. The Kier molecular flexibility index (Phi) is 5.01. The van der Waals surface area contributed by atoms with Crippen molar-refractivity contribution in [2.75, 3.05) is 7.11 Å². The summed E-state index contributed by atoms with van der Waals surface area (Å²) in [7, 11) is 1.04. The van der Waals surface area contributed by atoms with E-state index < -0.39 is 23.4 Å². The lowest BCUT2D eigenvalue weighted by Gasteiger charge is -2.08. The van der Waals surface area contributed by atoms with Gasteiger partial charge in [-0.3, -0.25) is 0 Å². The maximum absolute atomic E-state index is 12.6. The van der Waals surface area contributed by atoms with Gasteiger partial charge in [0.25, 0.3) is 0 Å². The Bertz CT molecular complexity index is 607. The van der Waals surface area contributed by atoms with Crippen LogP contribution in [0.5, 0.6) is 0 Å². The number of hydrogen-bond donors (Lipinski definition) is 0. The smallest absolute Gasteiger partial charge is 0.416 e. The summed E-state index contributed by atoms with van der Waals surface area (Å²) in [6.07, 6.45) is -3.64. The number of benzene rings is 1. The average molecular weight is 306 g/mol. The van der Waals surface area contributed by atoms with E-state index in [0.29, 0.717) is 0 Å². The zero-order valence-electron chi connectivity index (χ0n) is 9.98. The lowest BCUT2D eigenvalue weighted by molar-refractivity contribution is -0.137. The SMILES string of the molecule is COC(=O)C(=Cc1cc(C(F)(F)F)ccc1Cl)N=[N+]=[N-]. The van der Waals surface area contributed by atoms with Crippen LogP contribution in [-0.2, 0) is 15.7 Å². The number of esters is 1. The minimum absolute atomic E-state index is 0.0347. The van der Waals surface area contributed by atoms with Gasteiger partial charge in [0.05, 0.1) is 12.7 Å². The summed E-state index contributed by atoms with van der Waals surface area (Å²) >= 11 is 5.74. The van der Waals surface area contributed by atoms with Crippen LogP contribution in [0.2, 0.25) is 5.02 Å². The first kappa shape index (κ1) is 15.9. The highest BCUT2D eigenvalue weighted by atomic mass is 35.5. The van der Waals surface area contributed by atoms with Gasteiger partial charge in [0, 0.05) is 9.93 Å². The number of azide groups is 1. The van der Waals surface area contributed by atoms with Gasteiger partial charge in [-0.05, 0) is 35.4 Å². The summed E-state index contributed by atoms with van der Waals surface area (Å²) in [5, 5.41) is 3.02. The van der Waals surface area contributed by atoms with Gasteiger partial charge in [0.15, 0.2) is 0 Å². The molecule has 0 unspecified atom stereocenters. The van der Waals surface area contributed by atoms with Crippen molar-refractivity contribution in [2.45, 2.75) is 6.18 Å². The number of rotatable bonds is 3. The summed E-state index contributed by atoms with van der Waals surface area (Å²) in [4.78, 5) is 13.7. The molecular weight excluding hydrogens is 299 g/mol. The molecule has 0 saturated heterocycles. The standard InChI is InChI=1S/C11H7ClF3N3O2/c1-20-10(19)9(17-18-16)5-6-4-7(11(13,14)15)2-3-8(6)12/h2-5H,1H3. The molecule has 0 saturated carbocycles. The summed E-state index contributed by atoms with van der Waals surface area (Å²) < 4.78 is 42.1. The van der Waals surface area contributed by atoms with Crippen molar-refractivity contribution in [1.29, 1.82) is 0 Å². The number of nitrogens with zero attached hydrogens (tertiary/aromatic N) is 3. The molecule has 0 radical (unpaired) electrons. The van der Waals surface area contributed by atoms with Crippen LogP contribution in [0.1, 0.15) is 11.1 Å². The van der Waals surface area contributed by atoms with Crippen molar-refractivity contribution >= 4 is 23.6 Å². The number of carbonyl (C=O) groups excluding carboxylic acids is 1. The van der Waals surface area contributed by atoms with E-state index in [1.165, 1.54) is 0 Å². The molecule has 106 valence electrons. The number of hydrogen-bond acceptors (Lipinski definition) is 3. The van der Waals surface area contributed by atoms with Gasteiger partial charge in [0.1, 0.15) is 5.70 Å². The average Bonchev–Trinajstić information content (AvgIpc) is 2.38. The zero-order chi connectivity index (χ0) is 15.3. The van der Waals surface area contributed by atoms with Gasteiger partial charge in [-0.2, -0.15) is 13.2 Å². The van der Waals surface area contributed by atoms with E-state index in [0.717, 1.165) is 31.4 Å². The molecule has 0 aliphatic rings.